The molecule has 0 aliphatic carbocycles. The van der Waals surface area contributed by atoms with Gasteiger partial charge in [0.1, 0.15) is 0 Å². The minimum absolute atomic E-state index is 0.281. The Kier molecular flexibility index (Phi) is 7.40. The van der Waals surface area contributed by atoms with Gasteiger partial charge in [0.25, 0.3) is 0 Å². The first-order valence-corrected chi connectivity index (χ1v) is 6.45. The van der Waals surface area contributed by atoms with Crippen LogP contribution in [0.15, 0.2) is 18.2 Å². The maximum Gasteiger partial charge on any atom is 0.169 e. The predicted molar refractivity (Wildman–Crippen MR) is 73.8 cm³/mol. The van der Waals surface area contributed by atoms with Gasteiger partial charge in [0, 0.05) is 25.8 Å². The molecule has 0 aliphatic heterocycles. The fourth-order valence-corrected chi connectivity index (χ4v) is 1.88. The Labute approximate surface area is 114 Å². The Morgan fingerprint density at radius 3 is 2.68 bits per heavy atom. The van der Waals surface area contributed by atoms with Crippen LogP contribution in [0.1, 0.15) is 12.0 Å². The highest BCUT2D eigenvalue weighted by atomic mass is 19.1. The van der Waals surface area contributed by atoms with E-state index in [0.29, 0.717) is 25.3 Å². The molecule has 0 saturated carbocycles. The number of halogens is 1. The first kappa shape index (κ1) is 15.9. The summed E-state index contributed by atoms with van der Waals surface area (Å²) in [5, 5.41) is 0. The minimum Gasteiger partial charge on any atom is -0.494 e. The van der Waals surface area contributed by atoms with E-state index in [-0.39, 0.29) is 11.6 Å². The smallest absolute Gasteiger partial charge is 0.169 e. The quantitative estimate of drug-likeness (QED) is 0.741. The molecular formula is C14H23FN2O2. The zero-order valence-corrected chi connectivity index (χ0v) is 11.7. The molecule has 0 heterocycles. The normalized spacial score (nSPS) is 11.0. The van der Waals surface area contributed by atoms with Crippen LogP contribution in [0.2, 0.25) is 0 Å². The van der Waals surface area contributed by atoms with E-state index in [4.69, 9.17) is 15.2 Å². The van der Waals surface area contributed by atoms with Gasteiger partial charge in [-0.1, -0.05) is 12.1 Å². The summed E-state index contributed by atoms with van der Waals surface area (Å²) >= 11 is 0. The molecule has 0 bridgehead atoms. The van der Waals surface area contributed by atoms with Crippen molar-refractivity contribution in [3.8, 4) is 5.75 Å². The van der Waals surface area contributed by atoms with Gasteiger partial charge in [-0.25, -0.2) is 4.39 Å². The molecule has 0 unspecified atom stereocenters. The average Bonchev–Trinajstić information content (AvgIpc) is 2.43. The summed E-state index contributed by atoms with van der Waals surface area (Å²) in [5.74, 6) is -0.0109. The van der Waals surface area contributed by atoms with Gasteiger partial charge in [-0.15, -0.1) is 0 Å². The Morgan fingerprint density at radius 1 is 1.26 bits per heavy atom. The Balaban J connectivity index is 2.71. The van der Waals surface area contributed by atoms with E-state index in [0.717, 1.165) is 19.5 Å². The van der Waals surface area contributed by atoms with Crippen molar-refractivity contribution >= 4 is 0 Å². The molecule has 0 radical (unpaired) electrons. The summed E-state index contributed by atoms with van der Waals surface area (Å²) in [6.45, 7) is 3.37. The molecule has 4 nitrogen and oxygen atoms in total. The molecule has 19 heavy (non-hydrogen) atoms. The molecule has 0 aromatic heterocycles. The first-order valence-electron chi connectivity index (χ1n) is 6.45. The van der Waals surface area contributed by atoms with Crippen LogP contribution >= 0.6 is 0 Å². The van der Waals surface area contributed by atoms with Gasteiger partial charge < -0.3 is 15.2 Å². The SMILES string of the molecule is COCCN(CCCN)Cc1cccc(OC)c1F. The average molecular weight is 270 g/mol. The zero-order chi connectivity index (χ0) is 14.1. The fraction of sp³-hybridized carbons (Fsp3) is 0.571. The maximum atomic E-state index is 14.1. The van der Waals surface area contributed by atoms with E-state index in [1.165, 1.54) is 7.11 Å². The fourth-order valence-electron chi connectivity index (χ4n) is 1.88. The van der Waals surface area contributed by atoms with Crippen LogP contribution in [0.5, 0.6) is 5.75 Å². The summed E-state index contributed by atoms with van der Waals surface area (Å²) in [5.41, 5.74) is 6.15. The monoisotopic (exact) mass is 270 g/mol. The van der Waals surface area contributed by atoms with Crippen molar-refractivity contribution in [3.63, 3.8) is 0 Å². The van der Waals surface area contributed by atoms with Crippen molar-refractivity contribution in [1.82, 2.24) is 4.90 Å². The summed E-state index contributed by atoms with van der Waals surface area (Å²) in [7, 11) is 3.13. The lowest BCUT2D eigenvalue weighted by Crippen LogP contribution is -2.29. The van der Waals surface area contributed by atoms with Crippen molar-refractivity contribution in [1.29, 1.82) is 0 Å². The van der Waals surface area contributed by atoms with E-state index in [1.807, 2.05) is 0 Å². The lowest BCUT2D eigenvalue weighted by molar-refractivity contribution is 0.142. The van der Waals surface area contributed by atoms with Gasteiger partial charge in [0.2, 0.25) is 0 Å². The van der Waals surface area contributed by atoms with Crippen LogP contribution in [-0.2, 0) is 11.3 Å². The largest absolute Gasteiger partial charge is 0.494 e. The van der Waals surface area contributed by atoms with Crippen molar-refractivity contribution in [3.05, 3.63) is 29.6 Å². The molecule has 1 rings (SSSR count). The lowest BCUT2D eigenvalue weighted by Gasteiger charge is -2.22. The van der Waals surface area contributed by atoms with E-state index >= 15 is 0 Å². The van der Waals surface area contributed by atoms with E-state index in [2.05, 4.69) is 4.90 Å². The minimum atomic E-state index is -0.292. The van der Waals surface area contributed by atoms with Crippen LogP contribution in [0.25, 0.3) is 0 Å². The number of benzene rings is 1. The lowest BCUT2D eigenvalue weighted by atomic mass is 10.1. The second kappa shape index (κ2) is 8.85. The highest BCUT2D eigenvalue weighted by Gasteiger charge is 2.12. The van der Waals surface area contributed by atoms with Crippen LogP contribution in [0, 0.1) is 5.82 Å². The van der Waals surface area contributed by atoms with Gasteiger partial charge in [-0.05, 0) is 25.6 Å². The molecule has 2 N–H and O–H groups in total. The number of hydrogen-bond donors (Lipinski definition) is 1. The number of rotatable bonds is 9. The molecule has 0 aliphatic rings. The van der Waals surface area contributed by atoms with Crippen molar-refractivity contribution in [2.75, 3.05) is 40.5 Å². The van der Waals surface area contributed by atoms with Gasteiger partial charge in [-0.3, -0.25) is 4.90 Å². The molecule has 0 amide bonds. The molecule has 108 valence electrons. The third-order valence-electron chi connectivity index (χ3n) is 2.95. The van der Waals surface area contributed by atoms with Crippen LogP contribution < -0.4 is 10.5 Å². The van der Waals surface area contributed by atoms with E-state index < -0.39 is 0 Å². The number of nitrogens with two attached hydrogens (primary N) is 1. The topological polar surface area (TPSA) is 47.7 Å². The predicted octanol–water partition coefficient (Wildman–Crippen LogP) is 1.63. The third kappa shape index (κ3) is 5.14. The number of hydrogen-bond acceptors (Lipinski definition) is 4. The summed E-state index contributed by atoms with van der Waals surface area (Å²) in [6.07, 6.45) is 0.884. The molecule has 0 spiro atoms. The Hall–Kier alpha value is -1.17. The van der Waals surface area contributed by atoms with Crippen LogP contribution in [0.3, 0.4) is 0 Å². The van der Waals surface area contributed by atoms with E-state index in [9.17, 15) is 4.39 Å². The van der Waals surface area contributed by atoms with Crippen molar-refractivity contribution in [2.45, 2.75) is 13.0 Å². The molecule has 5 heteroatoms. The highest BCUT2D eigenvalue weighted by molar-refractivity contribution is 5.30. The van der Waals surface area contributed by atoms with Gasteiger partial charge in [-0.2, -0.15) is 0 Å². The van der Waals surface area contributed by atoms with E-state index in [1.54, 1.807) is 25.3 Å². The number of ether oxygens (including phenoxy) is 2. The zero-order valence-electron chi connectivity index (χ0n) is 11.7. The Bertz CT molecular complexity index is 366. The second-order valence-corrected chi connectivity index (χ2v) is 4.34. The summed E-state index contributed by atoms with van der Waals surface area (Å²) in [4.78, 5) is 2.13. The summed E-state index contributed by atoms with van der Waals surface area (Å²) in [6, 6.07) is 5.20. The maximum absolute atomic E-state index is 14.1. The first-order chi connectivity index (χ1) is 9.22. The van der Waals surface area contributed by atoms with Crippen molar-refractivity contribution in [2.24, 2.45) is 5.73 Å². The Morgan fingerprint density at radius 2 is 2.05 bits per heavy atom. The van der Waals surface area contributed by atoms with Gasteiger partial charge in [0.15, 0.2) is 11.6 Å². The second-order valence-electron chi connectivity index (χ2n) is 4.34. The molecule has 0 saturated heterocycles. The van der Waals surface area contributed by atoms with Crippen LogP contribution in [0.4, 0.5) is 4.39 Å². The van der Waals surface area contributed by atoms with Crippen molar-refractivity contribution < 1.29 is 13.9 Å². The molecular weight excluding hydrogens is 247 g/mol. The number of methoxy groups -OCH3 is 2. The third-order valence-corrected chi connectivity index (χ3v) is 2.95. The van der Waals surface area contributed by atoms with Crippen LogP contribution in [-0.4, -0.2) is 45.4 Å². The van der Waals surface area contributed by atoms with Gasteiger partial charge >= 0.3 is 0 Å². The molecule has 0 atom stereocenters. The summed E-state index contributed by atoms with van der Waals surface area (Å²) < 4.78 is 24.1. The molecule has 1 aromatic carbocycles. The standard InChI is InChI=1S/C14H23FN2O2/c1-18-10-9-17(8-4-7-16)11-12-5-3-6-13(19-2)14(12)15/h3,5-6H,4,7-11,16H2,1-2H3. The van der Waals surface area contributed by atoms with Gasteiger partial charge in [0.05, 0.1) is 13.7 Å². The molecule has 0 fully saturated rings. The molecule has 1 aromatic rings. The number of nitrogens with zero attached hydrogens (tertiary/aromatic N) is 1. The highest BCUT2D eigenvalue weighted by Crippen LogP contribution is 2.21.